The van der Waals surface area contributed by atoms with Crippen molar-refractivity contribution < 1.29 is 9.59 Å². The Morgan fingerprint density at radius 1 is 1.29 bits per heavy atom. The summed E-state index contributed by atoms with van der Waals surface area (Å²) < 4.78 is 0. The molecule has 2 amide bonds. The van der Waals surface area contributed by atoms with E-state index in [0.717, 1.165) is 12.0 Å². The summed E-state index contributed by atoms with van der Waals surface area (Å²) in [7, 11) is 0. The number of hydrogen-bond donors (Lipinski definition) is 0. The van der Waals surface area contributed by atoms with Crippen LogP contribution in [0.3, 0.4) is 0 Å². The van der Waals surface area contributed by atoms with Crippen molar-refractivity contribution in [1.82, 2.24) is 19.9 Å². The molecular formula is C20H24ClN5O2. The Bertz CT molecular complexity index is 856. The van der Waals surface area contributed by atoms with Crippen LogP contribution in [0, 0.1) is 5.92 Å². The average Bonchev–Trinajstić information content (AvgIpc) is 2.98. The third kappa shape index (κ3) is 4.47. The van der Waals surface area contributed by atoms with Gasteiger partial charge in [0.2, 0.25) is 5.95 Å². The summed E-state index contributed by atoms with van der Waals surface area (Å²) in [5.74, 6) is 0.484. The van der Waals surface area contributed by atoms with Crippen LogP contribution < -0.4 is 4.90 Å². The number of amides is 2. The van der Waals surface area contributed by atoms with E-state index in [-0.39, 0.29) is 36.7 Å². The number of pyridine rings is 1. The number of carbonyl (C=O) groups is 2. The number of anilines is 1. The molecule has 3 heterocycles. The maximum atomic E-state index is 13.0. The fourth-order valence-electron chi connectivity index (χ4n) is 3.25. The number of rotatable bonds is 7. The first kappa shape index (κ1) is 20.2. The molecular weight excluding hydrogens is 378 g/mol. The number of aryl methyl sites for hydroxylation is 1. The molecule has 0 spiro atoms. The molecule has 0 aliphatic carbocycles. The smallest absolute Gasteiger partial charge is 0.312 e. The molecule has 0 unspecified atom stereocenters. The first-order chi connectivity index (χ1) is 13.4. The molecule has 0 bridgehead atoms. The minimum Gasteiger partial charge on any atom is -0.312 e. The Kier molecular flexibility index (Phi) is 6.24. The third-order valence-corrected chi connectivity index (χ3v) is 5.10. The lowest BCUT2D eigenvalue weighted by Crippen LogP contribution is -2.41. The number of urea groups is 1. The van der Waals surface area contributed by atoms with Crippen LogP contribution in [-0.2, 0) is 17.6 Å². The first-order valence-electron chi connectivity index (χ1n) is 9.40. The Morgan fingerprint density at radius 2 is 2.00 bits per heavy atom. The van der Waals surface area contributed by atoms with Crippen molar-refractivity contribution in [3.63, 3.8) is 0 Å². The van der Waals surface area contributed by atoms with E-state index >= 15 is 0 Å². The van der Waals surface area contributed by atoms with E-state index < -0.39 is 0 Å². The van der Waals surface area contributed by atoms with Gasteiger partial charge in [-0.1, -0.05) is 32.4 Å². The van der Waals surface area contributed by atoms with Crippen molar-refractivity contribution in [3.05, 3.63) is 47.0 Å². The monoisotopic (exact) mass is 401 g/mol. The summed E-state index contributed by atoms with van der Waals surface area (Å²) in [4.78, 5) is 41.6. The molecule has 0 radical (unpaired) electrons. The molecule has 8 heteroatoms. The van der Waals surface area contributed by atoms with Crippen LogP contribution in [0.2, 0.25) is 5.02 Å². The summed E-state index contributed by atoms with van der Waals surface area (Å²) in [5, 5.41) is 0.536. The zero-order chi connectivity index (χ0) is 20.3. The van der Waals surface area contributed by atoms with Gasteiger partial charge in [-0.15, -0.1) is 0 Å². The van der Waals surface area contributed by atoms with Crippen LogP contribution in [0.15, 0.2) is 30.7 Å². The van der Waals surface area contributed by atoms with Crippen molar-refractivity contribution in [3.8, 4) is 0 Å². The molecule has 0 N–H and O–H groups in total. The van der Waals surface area contributed by atoms with E-state index in [1.165, 1.54) is 0 Å². The van der Waals surface area contributed by atoms with Crippen LogP contribution in [0.5, 0.6) is 0 Å². The van der Waals surface area contributed by atoms with Crippen LogP contribution in [0.4, 0.5) is 10.7 Å². The van der Waals surface area contributed by atoms with E-state index in [1.807, 2.05) is 20.8 Å². The van der Waals surface area contributed by atoms with E-state index in [4.69, 9.17) is 11.6 Å². The molecule has 1 aliphatic heterocycles. The van der Waals surface area contributed by atoms with Crippen LogP contribution in [0.25, 0.3) is 0 Å². The standard InChI is InChI=1S/C20H24ClN5O2/c1-4-14-9-23-19(24-10-14)26-12-18(13(2)3)25(20(26)28)11-17(27)8-16-7-15(21)5-6-22-16/h5-7,9-10,13,18H,4,8,11-12H2,1-3H3/t18-/m1/s1. The quantitative estimate of drug-likeness (QED) is 0.711. The molecule has 7 nitrogen and oxygen atoms in total. The summed E-state index contributed by atoms with van der Waals surface area (Å²) >= 11 is 5.96. The third-order valence-electron chi connectivity index (χ3n) is 4.86. The van der Waals surface area contributed by atoms with Crippen molar-refractivity contribution >= 4 is 29.4 Å². The van der Waals surface area contributed by atoms with Gasteiger partial charge in [-0.25, -0.2) is 14.8 Å². The molecule has 0 aromatic carbocycles. The summed E-state index contributed by atoms with van der Waals surface area (Å²) in [6.45, 7) is 6.59. The van der Waals surface area contributed by atoms with E-state index in [1.54, 1.807) is 40.5 Å². The topological polar surface area (TPSA) is 79.3 Å². The van der Waals surface area contributed by atoms with E-state index in [9.17, 15) is 9.59 Å². The largest absolute Gasteiger partial charge is 0.327 e. The molecule has 1 fully saturated rings. The number of hydrogen-bond acceptors (Lipinski definition) is 5. The lowest BCUT2D eigenvalue weighted by molar-refractivity contribution is -0.119. The lowest BCUT2D eigenvalue weighted by Gasteiger charge is -2.25. The molecule has 28 heavy (non-hydrogen) atoms. The lowest BCUT2D eigenvalue weighted by atomic mass is 10.0. The van der Waals surface area contributed by atoms with Gasteiger partial charge in [0.25, 0.3) is 0 Å². The van der Waals surface area contributed by atoms with Crippen molar-refractivity contribution in [1.29, 1.82) is 0 Å². The molecule has 1 saturated heterocycles. The van der Waals surface area contributed by atoms with E-state index in [2.05, 4.69) is 15.0 Å². The van der Waals surface area contributed by atoms with Gasteiger partial charge >= 0.3 is 6.03 Å². The average molecular weight is 402 g/mol. The van der Waals surface area contributed by atoms with Gasteiger partial charge in [-0.3, -0.25) is 14.7 Å². The highest BCUT2D eigenvalue weighted by Crippen LogP contribution is 2.25. The molecule has 3 rings (SSSR count). The second kappa shape index (κ2) is 8.65. The molecule has 1 aliphatic rings. The maximum absolute atomic E-state index is 13.0. The molecule has 2 aromatic rings. The Balaban J connectivity index is 1.74. The van der Waals surface area contributed by atoms with Crippen LogP contribution in [0.1, 0.15) is 32.0 Å². The molecule has 0 saturated carbocycles. The highest BCUT2D eigenvalue weighted by Gasteiger charge is 2.41. The molecule has 1 atom stereocenters. The number of halogens is 1. The van der Waals surface area contributed by atoms with Gasteiger partial charge in [0.15, 0.2) is 5.78 Å². The summed E-state index contributed by atoms with van der Waals surface area (Å²) in [6.07, 6.45) is 6.01. The second-order valence-corrected chi connectivity index (χ2v) is 7.69. The fourth-order valence-corrected chi connectivity index (χ4v) is 3.43. The number of nitrogens with zero attached hydrogens (tertiary/aromatic N) is 5. The van der Waals surface area contributed by atoms with Gasteiger partial charge in [0.1, 0.15) is 0 Å². The summed E-state index contributed by atoms with van der Waals surface area (Å²) in [5.41, 5.74) is 1.61. The molecule has 148 valence electrons. The van der Waals surface area contributed by atoms with Gasteiger partial charge in [0, 0.05) is 29.3 Å². The zero-order valence-corrected chi connectivity index (χ0v) is 17.1. The van der Waals surface area contributed by atoms with Gasteiger partial charge in [-0.05, 0) is 30.0 Å². The normalized spacial score (nSPS) is 16.9. The second-order valence-electron chi connectivity index (χ2n) is 7.26. The van der Waals surface area contributed by atoms with Gasteiger partial charge in [0.05, 0.1) is 25.6 Å². The predicted molar refractivity (Wildman–Crippen MR) is 107 cm³/mol. The Labute approximate surface area is 169 Å². The van der Waals surface area contributed by atoms with Crippen LogP contribution in [-0.4, -0.2) is 50.8 Å². The summed E-state index contributed by atoms with van der Waals surface area (Å²) in [6, 6.07) is 3.00. The number of Topliss-reactive ketones (excluding diaryl/α,β-unsaturated/α-hetero) is 1. The number of ketones is 1. The van der Waals surface area contributed by atoms with Crippen molar-refractivity contribution in [2.24, 2.45) is 5.92 Å². The predicted octanol–water partition coefficient (Wildman–Crippen LogP) is 3.17. The first-order valence-corrected chi connectivity index (χ1v) is 9.78. The Hall–Kier alpha value is -2.54. The van der Waals surface area contributed by atoms with Crippen molar-refractivity contribution in [2.45, 2.75) is 39.7 Å². The Morgan fingerprint density at radius 3 is 2.61 bits per heavy atom. The highest BCUT2D eigenvalue weighted by molar-refractivity contribution is 6.30. The minimum atomic E-state index is -0.240. The fraction of sp³-hybridized carbons (Fsp3) is 0.450. The van der Waals surface area contributed by atoms with Gasteiger partial charge < -0.3 is 4.90 Å². The SMILES string of the molecule is CCc1cnc(N2C[C@H](C(C)C)N(CC(=O)Cc3cc(Cl)ccn3)C2=O)nc1. The maximum Gasteiger partial charge on any atom is 0.327 e. The minimum absolute atomic E-state index is 0.0272. The van der Waals surface area contributed by atoms with Crippen LogP contribution >= 0.6 is 11.6 Å². The molecule has 2 aromatic heterocycles. The number of aromatic nitrogens is 3. The van der Waals surface area contributed by atoms with Crippen molar-refractivity contribution in [2.75, 3.05) is 18.0 Å². The van der Waals surface area contributed by atoms with Gasteiger partial charge in [-0.2, -0.15) is 0 Å². The zero-order valence-electron chi connectivity index (χ0n) is 16.3. The van der Waals surface area contributed by atoms with E-state index in [0.29, 0.717) is 23.2 Å². The number of carbonyl (C=O) groups excluding carboxylic acids is 2. The highest BCUT2D eigenvalue weighted by atomic mass is 35.5.